The van der Waals surface area contributed by atoms with E-state index in [4.69, 9.17) is 4.84 Å². The molecule has 2 saturated heterocycles. The highest BCUT2D eigenvalue weighted by atomic mass is 19.1. The second kappa shape index (κ2) is 8.56. The van der Waals surface area contributed by atoms with Crippen LogP contribution in [0.3, 0.4) is 0 Å². The summed E-state index contributed by atoms with van der Waals surface area (Å²) in [6, 6.07) is 14.9. The number of amides is 2. The van der Waals surface area contributed by atoms with Gasteiger partial charge >= 0.3 is 0 Å². The van der Waals surface area contributed by atoms with E-state index in [-0.39, 0.29) is 23.8 Å². The second-order valence-electron chi connectivity index (χ2n) is 8.00. The average molecular weight is 410 g/mol. The summed E-state index contributed by atoms with van der Waals surface area (Å²) in [7, 11) is 0. The fraction of sp³-hybridized carbons (Fsp3) is 0.417. The summed E-state index contributed by atoms with van der Waals surface area (Å²) in [5.41, 5.74) is 1.23. The zero-order valence-corrected chi connectivity index (χ0v) is 17.3. The van der Waals surface area contributed by atoms with E-state index in [1.54, 1.807) is 5.06 Å². The summed E-state index contributed by atoms with van der Waals surface area (Å²) in [6.07, 6.45) is 3.12. The van der Waals surface area contributed by atoms with Gasteiger partial charge in [0.25, 0.3) is 5.91 Å². The number of hydroxylamine groups is 1. The third-order valence-corrected chi connectivity index (χ3v) is 6.19. The number of carbonyl (C=O) groups is 2. The van der Waals surface area contributed by atoms with Gasteiger partial charge in [0.2, 0.25) is 5.91 Å². The molecule has 0 unspecified atom stereocenters. The Labute approximate surface area is 176 Å². The van der Waals surface area contributed by atoms with Gasteiger partial charge in [0, 0.05) is 0 Å². The van der Waals surface area contributed by atoms with Crippen LogP contribution in [0.5, 0.6) is 0 Å². The maximum absolute atomic E-state index is 13.5. The Kier molecular flexibility index (Phi) is 5.86. The van der Waals surface area contributed by atoms with Gasteiger partial charge in [0.15, 0.2) is 6.10 Å². The highest BCUT2D eigenvalue weighted by molar-refractivity contribution is 6.23. The molecule has 6 heteroatoms. The van der Waals surface area contributed by atoms with Gasteiger partial charge in [-0.25, -0.2) is 14.4 Å². The van der Waals surface area contributed by atoms with Crippen LogP contribution in [0.25, 0.3) is 0 Å². The van der Waals surface area contributed by atoms with E-state index in [1.807, 2.05) is 30.3 Å². The van der Waals surface area contributed by atoms with Crippen LogP contribution in [0.4, 0.5) is 15.8 Å². The molecular formula is C24H27FN2O3. The summed E-state index contributed by atoms with van der Waals surface area (Å²) in [5.74, 6) is -1.43. The van der Waals surface area contributed by atoms with Gasteiger partial charge in [-0.05, 0) is 48.7 Å². The quantitative estimate of drug-likeness (QED) is 0.620. The predicted octanol–water partition coefficient (Wildman–Crippen LogP) is 4.72. The number of hydrogen-bond acceptors (Lipinski definition) is 4. The molecule has 0 bridgehead atoms. The van der Waals surface area contributed by atoms with Gasteiger partial charge in [-0.15, -0.1) is 0 Å². The molecule has 2 aromatic rings. The van der Waals surface area contributed by atoms with Gasteiger partial charge in [-0.1, -0.05) is 51.3 Å². The van der Waals surface area contributed by atoms with Gasteiger partial charge in [-0.3, -0.25) is 14.4 Å². The first-order valence-corrected chi connectivity index (χ1v) is 10.7. The molecule has 2 fully saturated rings. The van der Waals surface area contributed by atoms with Gasteiger partial charge in [0.05, 0.1) is 23.3 Å². The van der Waals surface area contributed by atoms with Crippen molar-refractivity contribution in [3.8, 4) is 0 Å². The normalized spacial score (nSPS) is 24.4. The SMILES string of the molecule is CCCC[C@H](CC)[C@H]1[C@H]2C(=O)N(c3ccc(F)cc3)C(=O)[C@H]2ON1c1ccccc1. The highest BCUT2D eigenvalue weighted by Gasteiger charge is 2.61. The fourth-order valence-corrected chi connectivity index (χ4v) is 4.66. The Morgan fingerprint density at radius 2 is 1.67 bits per heavy atom. The van der Waals surface area contributed by atoms with E-state index in [1.165, 1.54) is 24.3 Å². The van der Waals surface area contributed by atoms with E-state index in [0.717, 1.165) is 36.3 Å². The van der Waals surface area contributed by atoms with Crippen molar-refractivity contribution < 1.29 is 18.8 Å². The molecule has 2 heterocycles. The number of unbranched alkanes of at least 4 members (excludes halogenated alkanes) is 1. The van der Waals surface area contributed by atoms with Crippen LogP contribution in [0.2, 0.25) is 0 Å². The van der Waals surface area contributed by atoms with Gasteiger partial charge in [0.1, 0.15) is 5.82 Å². The number of fused-ring (bicyclic) bond motifs is 1. The first kappa shape index (κ1) is 20.5. The molecule has 158 valence electrons. The summed E-state index contributed by atoms with van der Waals surface area (Å²) >= 11 is 0. The number of para-hydroxylation sites is 1. The average Bonchev–Trinajstić information content (AvgIpc) is 3.27. The fourth-order valence-electron chi connectivity index (χ4n) is 4.66. The molecule has 2 amide bonds. The van der Waals surface area contributed by atoms with Crippen molar-refractivity contribution in [3.05, 3.63) is 60.4 Å². The lowest BCUT2D eigenvalue weighted by Crippen LogP contribution is -2.44. The predicted molar refractivity (Wildman–Crippen MR) is 113 cm³/mol. The third kappa shape index (κ3) is 3.49. The standard InChI is InChI=1S/C24H27FN2O3/c1-3-5-9-16(4-2)21-20-22(30-27(21)19-10-7-6-8-11-19)24(29)26(23(20)28)18-14-12-17(25)13-15-18/h6-8,10-16,20-22H,3-5,9H2,1-2H3/t16-,20+,21-,22-/m0/s1. The van der Waals surface area contributed by atoms with Crippen LogP contribution in [0, 0.1) is 17.7 Å². The monoisotopic (exact) mass is 410 g/mol. The Morgan fingerprint density at radius 1 is 0.967 bits per heavy atom. The number of benzene rings is 2. The number of carbonyl (C=O) groups excluding carboxylic acids is 2. The summed E-state index contributed by atoms with van der Waals surface area (Å²) in [4.78, 5) is 34.0. The lowest BCUT2D eigenvalue weighted by Gasteiger charge is -2.33. The van der Waals surface area contributed by atoms with Crippen LogP contribution >= 0.6 is 0 Å². The largest absolute Gasteiger partial charge is 0.273 e. The molecule has 0 aliphatic carbocycles. The molecular weight excluding hydrogens is 383 g/mol. The number of hydrogen-bond donors (Lipinski definition) is 0. The van der Waals surface area contributed by atoms with E-state index in [9.17, 15) is 14.0 Å². The summed E-state index contributed by atoms with van der Waals surface area (Å²) in [5, 5.41) is 1.79. The molecule has 2 aliphatic rings. The van der Waals surface area contributed by atoms with E-state index in [2.05, 4.69) is 13.8 Å². The Balaban J connectivity index is 1.71. The van der Waals surface area contributed by atoms with Crippen LogP contribution in [0.1, 0.15) is 39.5 Å². The van der Waals surface area contributed by atoms with E-state index >= 15 is 0 Å². The van der Waals surface area contributed by atoms with Crippen molar-refractivity contribution in [2.45, 2.75) is 51.7 Å². The Morgan fingerprint density at radius 3 is 2.30 bits per heavy atom. The Hall–Kier alpha value is -2.73. The zero-order valence-electron chi connectivity index (χ0n) is 17.3. The van der Waals surface area contributed by atoms with Gasteiger partial charge in [-0.2, -0.15) is 0 Å². The maximum atomic E-state index is 13.5. The Bertz CT molecular complexity index is 902. The van der Waals surface area contributed by atoms with Gasteiger partial charge < -0.3 is 0 Å². The number of anilines is 2. The number of halogens is 1. The number of nitrogens with zero attached hydrogens (tertiary/aromatic N) is 2. The minimum absolute atomic E-state index is 0.213. The summed E-state index contributed by atoms with van der Waals surface area (Å²) < 4.78 is 13.3. The molecule has 0 saturated carbocycles. The topological polar surface area (TPSA) is 49.9 Å². The molecule has 0 N–H and O–H groups in total. The molecule has 30 heavy (non-hydrogen) atoms. The maximum Gasteiger partial charge on any atom is 0.266 e. The number of rotatable bonds is 7. The van der Waals surface area contributed by atoms with Crippen molar-refractivity contribution in [2.24, 2.45) is 11.8 Å². The first-order valence-electron chi connectivity index (χ1n) is 10.7. The third-order valence-electron chi connectivity index (χ3n) is 6.19. The van der Waals surface area contributed by atoms with Crippen LogP contribution in [-0.2, 0) is 14.4 Å². The zero-order chi connectivity index (χ0) is 21.3. The molecule has 0 aromatic heterocycles. The lowest BCUT2D eigenvalue weighted by atomic mass is 9.82. The van der Waals surface area contributed by atoms with Crippen molar-refractivity contribution in [3.63, 3.8) is 0 Å². The summed E-state index contributed by atoms with van der Waals surface area (Å²) in [6.45, 7) is 4.27. The van der Waals surface area contributed by atoms with Crippen LogP contribution in [0.15, 0.2) is 54.6 Å². The van der Waals surface area contributed by atoms with E-state index in [0.29, 0.717) is 5.69 Å². The lowest BCUT2D eigenvalue weighted by molar-refractivity contribution is -0.126. The van der Waals surface area contributed by atoms with Crippen molar-refractivity contribution >= 4 is 23.2 Å². The van der Waals surface area contributed by atoms with Crippen molar-refractivity contribution in [1.82, 2.24) is 0 Å². The van der Waals surface area contributed by atoms with Crippen LogP contribution in [-0.4, -0.2) is 24.0 Å². The molecule has 0 radical (unpaired) electrons. The smallest absolute Gasteiger partial charge is 0.266 e. The first-order chi connectivity index (χ1) is 14.6. The molecule has 0 spiro atoms. The van der Waals surface area contributed by atoms with E-state index < -0.39 is 17.8 Å². The van der Waals surface area contributed by atoms with Crippen molar-refractivity contribution in [1.29, 1.82) is 0 Å². The highest BCUT2D eigenvalue weighted by Crippen LogP contribution is 2.44. The van der Waals surface area contributed by atoms with Crippen LogP contribution < -0.4 is 9.96 Å². The molecule has 4 atom stereocenters. The minimum atomic E-state index is -0.858. The number of imide groups is 1. The molecule has 2 aliphatic heterocycles. The second-order valence-corrected chi connectivity index (χ2v) is 8.00. The van der Waals surface area contributed by atoms with Crippen molar-refractivity contribution in [2.75, 3.05) is 9.96 Å². The molecule has 2 aromatic carbocycles. The minimum Gasteiger partial charge on any atom is -0.273 e. The molecule has 4 rings (SSSR count). The molecule has 5 nitrogen and oxygen atoms in total.